The van der Waals surface area contributed by atoms with Crippen molar-refractivity contribution in [1.29, 1.82) is 0 Å². The Bertz CT molecular complexity index is 1470. The molecule has 0 aliphatic heterocycles. The molecule has 0 N–H and O–H groups in total. The van der Waals surface area contributed by atoms with Crippen LogP contribution in [-0.2, 0) is 6.37 Å². The normalized spacial score (nSPS) is 14.0. The second-order valence-electron chi connectivity index (χ2n) is 8.59. The van der Waals surface area contributed by atoms with Gasteiger partial charge in [0.25, 0.3) is 0 Å². The maximum atomic E-state index is 8.73. The average molecular weight is 403 g/mol. The Morgan fingerprint density at radius 3 is 2.69 bits per heavy atom. The summed E-state index contributed by atoms with van der Waals surface area (Å²) in [6.07, 6.45) is 0.436. The van der Waals surface area contributed by atoms with E-state index in [1.807, 2.05) is 71.1 Å². The highest BCUT2D eigenvalue weighted by atomic mass is 32.1. The van der Waals surface area contributed by atoms with Crippen molar-refractivity contribution in [2.75, 3.05) is 0 Å². The first kappa shape index (κ1) is 16.1. The summed E-state index contributed by atoms with van der Waals surface area (Å²) in [5, 5.41) is 3.02. The summed E-state index contributed by atoms with van der Waals surface area (Å²) in [6.45, 7) is 9.78. The van der Waals surface area contributed by atoms with Crippen molar-refractivity contribution in [3.63, 3.8) is 0 Å². The Labute approximate surface area is 177 Å². The minimum Gasteiger partial charge on any atom is -0.437 e. The molecule has 0 spiro atoms. The molecule has 4 aromatic heterocycles. The van der Waals surface area contributed by atoms with Crippen molar-refractivity contribution in [3.05, 3.63) is 58.7 Å². The number of thiophene rings is 1. The van der Waals surface area contributed by atoms with Gasteiger partial charge in [0.2, 0.25) is 5.71 Å². The van der Waals surface area contributed by atoms with Crippen LogP contribution in [0, 0.1) is 19.3 Å². The molecule has 0 aliphatic carbocycles. The van der Waals surface area contributed by atoms with E-state index in [4.69, 9.17) is 12.1 Å². The van der Waals surface area contributed by atoms with Gasteiger partial charge in [-0.05, 0) is 55.5 Å². The minimum atomic E-state index is -1.43. The summed E-state index contributed by atoms with van der Waals surface area (Å²) >= 11 is 1.52. The number of rotatable bonds is 2. The highest BCUT2D eigenvalue weighted by Crippen LogP contribution is 2.39. The lowest BCUT2D eigenvalue weighted by Crippen LogP contribution is -2.08. The number of nitrogens with zero attached hydrogens (tertiary/aromatic N) is 2. The molecule has 1 aromatic carbocycles. The molecule has 146 valence electrons. The Morgan fingerprint density at radius 2 is 1.90 bits per heavy atom. The fourth-order valence-corrected chi connectivity index (χ4v) is 5.02. The quantitative estimate of drug-likeness (QED) is 0.307. The van der Waals surface area contributed by atoms with Gasteiger partial charge in [0, 0.05) is 45.9 Å². The zero-order valence-electron chi connectivity index (χ0n) is 19.3. The van der Waals surface area contributed by atoms with Crippen LogP contribution < -0.4 is 0 Å². The number of fused-ring (bicyclic) bond motifs is 4. The van der Waals surface area contributed by atoms with E-state index < -0.39 is 11.8 Å². The van der Waals surface area contributed by atoms with Crippen LogP contribution in [0.5, 0.6) is 0 Å². The molecule has 0 amide bonds. The molecule has 3 nitrogen and oxygen atoms in total. The number of hydrogen-bond acceptors (Lipinski definition) is 4. The molecular formula is C25H24N2OS. The van der Waals surface area contributed by atoms with Crippen LogP contribution in [0.3, 0.4) is 0 Å². The predicted molar refractivity (Wildman–Crippen MR) is 123 cm³/mol. The van der Waals surface area contributed by atoms with E-state index in [2.05, 4.69) is 11.1 Å². The number of furan rings is 1. The zero-order valence-corrected chi connectivity index (χ0v) is 18.1. The highest BCUT2D eigenvalue weighted by Gasteiger charge is 2.18. The third-order valence-corrected chi connectivity index (χ3v) is 6.26. The van der Waals surface area contributed by atoms with Crippen molar-refractivity contribution in [3.8, 4) is 11.3 Å². The minimum absolute atomic E-state index is 0.500. The van der Waals surface area contributed by atoms with Gasteiger partial charge in [-0.2, -0.15) is 0 Å². The van der Waals surface area contributed by atoms with E-state index in [1.165, 1.54) is 11.3 Å². The smallest absolute Gasteiger partial charge is 0.227 e. The van der Waals surface area contributed by atoms with Crippen LogP contribution >= 0.6 is 11.3 Å². The van der Waals surface area contributed by atoms with Gasteiger partial charge < -0.3 is 4.42 Å². The van der Waals surface area contributed by atoms with Gasteiger partial charge in [0.15, 0.2) is 0 Å². The predicted octanol–water partition coefficient (Wildman–Crippen LogP) is 7.46. The van der Waals surface area contributed by atoms with Crippen LogP contribution in [-0.4, -0.2) is 9.97 Å². The van der Waals surface area contributed by atoms with Gasteiger partial charge in [0.1, 0.15) is 5.58 Å². The SMILES string of the molecule is [2H]C([2H])(c1sc2cc(-c3cccc4c3oc3nc(C)ccc34)ncc2c1C)C(C)(C)C. The first-order chi connectivity index (χ1) is 14.6. The second kappa shape index (κ2) is 6.39. The lowest BCUT2D eigenvalue weighted by molar-refractivity contribution is 0.414. The maximum absolute atomic E-state index is 8.73. The summed E-state index contributed by atoms with van der Waals surface area (Å²) < 4.78 is 24.6. The lowest BCUT2D eigenvalue weighted by atomic mass is 9.90. The number of pyridine rings is 2. The van der Waals surface area contributed by atoms with Gasteiger partial charge in [-0.15, -0.1) is 11.3 Å². The molecule has 0 aliphatic rings. The zero-order chi connectivity index (χ0) is 22.1. The van der Waals surface area contributed by atoms with Gasteiger partial charge in [-0.25, -0.2) is 4.98 Å². The summed E-state index contributed by atoms with van der Waals surface area (Å²) in [5.74, 6) is 0. The second-order valence-corrected chi connectivity index (χ2v) is 9.64. The third kappa shape index (κ3) is 3.12. The van der Waals surface area contributed by atoms with Gasteiger partial charge in [-0.1, -0.05) is 32.9 Å². The monoisotopic (exact) mass is 402 g/mol. The summed E-state index contributed by atoms with van der Waals surface area (Å²) in [5.41, 5.74) is 4.54. The van der Waals surface area contributed by atoms with Crippen molar-refractivity contribution in [2.24, 2.45) is 5.41 Å². The Hall–Kier alpha value is -2.72. The molecule has 0 saturated heterocycles. The van der Waals surface area contributed by atoms with Gasteiger partial charge in [0.05, 0.1) is 5.69 Å². The Kier molecular flexibility index (Phi) is 3.55. The Balaban J connectivity index is 1.71. The fourth-order valence-electron chi connectivity index (χ4n) is 3.69. The van der Waals surface area contributed by atoms with Crippen LogP contribution in [0.1, 0.15) is 39.6 Å². The molecule has 4 heteroatoms. The van der Waals surface area contributed by atoms with Crippen molar-refractivity contribution >= 4 is 43.5 Å². The molecule has 29 heavy (non-hydrogen) atoms. The Morgan fingerprint density at radius 1 is 1.07 bits per heavy atom. The maximum Gasteiger partial charge on any atom is 0.227 e. The van der Waals surface area contributed by atoms with Gasteiger partial charge >= 0.3 is 0 Å². The highest BCUT2D eigenvalue weighted by molar-refractivity contribution is 7.19. The summed E-state index contributed by atoms with van der Waals surface area (Å²) in [7, 11) is 0. The van der Waals surface area contributed by atoms with Crippen LogP contribution in [0.15, 0.2) is 47.0 Å². The number of hydrogen-bond donors (Lipinski definition) is 0. The van der Waals surface area contributed by atoms with E-state index in [0.717, 1.165) is 53.8 Å². The molecule has 0 atom stereocenters. The van der Waals surface area contributed by atoms with E-state index in [9.17, 15) is 0 Å². The number of aryl methyl sites for hydroxylation is 2. The van der Waals surface area contributed by atoms with Crippen molar-refractivity contribution in [2.45, 2.75) is 41.0 Å². The standard InChI is InChI=1S/C25H24N2OS/c1-14-9-10-17-16-7-6-8-18(23(16)28-24(17)27-14)20-11-21-19(13-26-20)15(2)22(29-21)12-25(3,4)5/h6-11,13H,12H2,1-5H3/i12D2. The van der Waals surface area contributed by atoms with E-state index >= 15 is 0 Å². The largest absolute Gasteiger partial charge is 0.437 e. The topological polar surface area (TPSA) is 38.9 Å². The number of para-hydroxylation sites is 1. The van der Waals surface area contributed by atoms with Crippen molar-refractivity contribution < 1.29 is 7.16 Å². The molecule has 0 fully saturated rings. The molecular weight excluding hydrogens is 376 g/mol. The summed E-state index contributed by atoms with van der Waals surface area (Å²) in [4.78, 5) is 10.0. The van der Waals surface area contributed by atoms with Crippen LogP contribution in [0.4, 0.5) is 0 Å². The third-order valence-electron chi connectivity index (χ3n) is 5.09. The molecule has 5 rings (SSSR count). The first-order valence-electron chi connectivity index (χ1n) is 10.8. The lowest BCUT2D eigenvalue weighted by Gasteiger charge is -2.17. The molecule has 0 saturated carbocycles. The summed E-state index contributed by atoms with van der Waals surface area (Å²) in [6, 6.07) is 12.2. The molecule has 0 bridgehead atoms. The molecule has 5 aromatic rings. The van der Waals surface area contributed by atoms with E-state index in [0.29, 0.717) is 5.71 Å². The van der Waals surface area contributed by atoms with Crippen LogP contribution in [0.2, 0.25) is 0 Å². The van der Waals surface area contributed by atoms with E-state index in [1.54, 1.807) is 0 Å². The number of aromatic nitrogens is 2. The molecule has 0 unspecified atom stereocenters. The first-order valence-corrected chi connectivity index (χ1v) is 10.6. The van der Waals surface area contributed by atoms with E-state index in [-0.39, 0.29) is 0 Å². The van der Waals surface area contributed by atoms with Crippen LogP contribution in [0.25, 0.3) is 43.4 Å². The number of benzene rings is 1. The fraction of sp³-hybridized carbons (Fsp3) is 0.280. The van der Waals surface area contributed by atoms with Crippen molar-refractivity contribution in [1.82, 2.24) is 9.97 Å². The average Bonchev–Trinajstić information content (AvgIpc) is 3.24. The molecule has 0 radical (unpaired) electrons. The van der Waals surface area contributed by atoms with Gasteiger partial charge in [-0.3, -0.25) is 4.98 Å². The molecule has 4 heterocycles.